The maximum absolute atomic E-state index is 6.08. The number of nitrogens with one attached hydrogen (secondary N) is 1. The lowest BCUT2D eigenvalue weighted by Crippen LogP contribution is -2.21. The van der Waals surface area contributed by atoms with Gasteiger partial charge in [-0.05, 0) is 69.4 Å². The molecule has 27 heavy (non-hydrogen) atoms. The highest BCUT2D eigenvalue weighted by Crippen LogP contribution is 2.27. The molecule has 0 bridgehead atoms. The van der Waals surface area contributed by atoms with Gasteiger partial charge in [0.25, 0.3) is 0 Å². The van der Waals surface area contributed by atoms with Gasteiger partial charge in [0.05, 0.1) is 12.2 Å². The lowest BCUT2D eigenvalue weighted by Gasteiger charge is -2.15. The standard InChI is InChI=1S/C23H31NO3/c1-18(2)26-23-13-6-5-12-22(23)25-15-14-24-17-19-8-7-11-21(16-19)27-20-9-3-4-10-20/h5-8,11-13,16,18,20,24H,3-4,9-10,14-15,17H2,1-2H3. The molecule has 2 aromatic rings. The van der Waals surface area contributed by atoms with Gasteiger partial charge in [0.1, 0.15) is 12.4 Å². The fourth-order valence-electron chi connectivity index (χ4n) is 3.31. The summed E-state index contributed by atoms with van der Waals surface area (Å²) in [5.74, 6) is 2.57. The first-order valence-corrected chi connectivity index (χ1v) is 10.1. The molecule has 0 heterocycles. The third-order valence-corrected chi connectivity index (χ3v) is 4.58. The summed E-state index contributed by atoms with van der Waals surface area (Å²) in [5, 5.41) is 3.43. The van der Waals surface area contributed by atoms with Crippen molar-refractivity contribution in [1.29, 1.82) is 0 Å². The SMILES string of the molecule is CC(C)Oc1ccccc1OCCNCc1cccc(OC2CCCC2)c1. The summed E-state index contributed by atoms with van der Waals surface area (Å²) in [6, 6.07) is 16.2. The lowest BCUT2D eigenvalue weighted by molar-refractivity contribution is 0.210. The van der Waals surface area contributed by atoms with E-state index in [-0.39, 0.29) is 6.10 Å². The summed E-state index contributed by atoms with van der Waals surface area (Å²) in [4.78, 5) is 0. The van der Waals surface area contributed by atoms with E-state index in [0.717, 1.165) is 30.3 Å². The van der Waals surface area contributed by atoms with Gasteiger partial charge < -0.3 is 19.5 Å². The largest absolute Gasteiger partial charge is 0.490 e. The van der Waals surface area contributed by atoms with Crippen molar-refractivity contribution in [2.75, 3.05) is 13.2 Å². The van der Waals surface area contributed by atoms with Gasteiger partial charge in [-0.15, -0.1) is 0 Å². The van der Waals surface area contributed by atoms with Crippen LogP contribution >= 0.6 is 0 Å². The van der Waals surface area contributed by atoms with E-state index in [1.807, 2.05) is 38.1 Å². The second-order valence-corrected chi connectivity index (χ2v) is 7.31. The summed E-state index contributed by atoms with van der Waals surface area (Å²) >= 11 is 0. The molecule has 4 nitrogen and oxygen atoms in total. The van der Waals surface area contributed by atoms with Crippen LogP contribution in [0.15, 0.2) is 48.5 Å². The molecule has 1 saturated carbocycles. The van der Waals surface area contributed by atoms with Crippen LogP contribution in [0.2, 0.25) is 0 Å². The van der Waals surface area contributed by atoms with Gasteiger partial charge in [0, 0.05) is 13.1 Å². The molecule has 0 amide bonds. The van der Waals surface area contributed by atoms with Crippen molar-refractivity contribution in [1.82, 2.24) is 5.32 Å². The average Bonchev–Trinajstić information content (AvgIpc) is 3.16. The van der Waals surface area contributed by atoms with E-state index in [1.165, 1.54) is 31.2 Å². The molecule has 3 rings (SSSR count). The fourth-order valence-corrected chi connectivity index (χ4v) is 3.31. The molecule has 0 unspecified atom stereocenters. The maximum Gasteiger partial charge on any atom is 0.161 e. The highest BCUT2D eigenvalue weighted by atomic mass is 16.5. The first kappa shape index (κ1) is 19.6. The Morgan fingerprint density at radius 2 is 1.78 bits per heavy atom. The third-order valence-electron chi connectivity index (χ3n) is 4.58. The Morgan fingerprint density at radius 1 is 1.00 bits per heavy atom. The zero-order valence-corrected chi connectivity index (χ0v) is 16.4. The fraction of sp³-hybridized carbons (Fsp3) is 0.478. The molecule has 4 heteroatoms. The lowest BCUT2D eigenvalue weighted by atomic mass is 10.2. The number of para-hydroxylation sites is 2. The molecule has 0 radical (unpaired) electrons. The van der Waals surface area contributed by atoms with Crippen LogP contribution in [0.25, 0.3) is 0 Å². The number of rotatable bonds is 10. The van der Waals surface area contributed by atoms with Crippen LogP contribution in [-0.2, 0) is 6.54 Å². The van der Waals surface area contributed by atoms with Crippen molar-refractivity contribution in [2.45, 2.75) is 58.3 Å². The zero-order chi connectivity index (χ0) is 18.9. The van der Waals surface area contributed by atoms with Gasteiger partial charge in [-0.25, -0.2) is 0 Å². The van der Waals surface area contributed by atoms with Gasteiger partial charge in [-0.1, -0.05) is 24.3 Å². The first-order valence-electron chi connectivity index (χ1n) is 10.1. The second-order valence-electron chi connectivity index (χ2n) is 7.31. The summed E-state index contributed by atoms with van der Waals surface area (Å²) in [6.07, 6.45) is 5.47. The van der Waals surface area contributed by atoms with Crippen molar-refractivity contribution in [3.63, 3.8) is 0 Å². The van der Waals surface area contributed by atoms with E-state index in [4.69, 9.17) is 14.2 Å². The molecule has 0 aliphatic heterocycles. The molecule has 1 N–H and O–H groups in total. The number of hydrogen-bond acceptors (Lipinski definition) is 4. The summed E-state index contributed by atoms with van der Waals surface area (Å²) < 4.78 is 17.7. The number of ether oxygens (including phenoxy) is 3. The average molecular weight is 370 g/mol. The van der Waals surface area contributed by atoms with Crippen LogP contribution in [0.1, 0.15) is 45.1 Å². The van der Waals surface area contributed by atoms with E-state index in [9.17, 15) is 0 Å². The molecule has 0 aromatic heterocycles. The van der Waals surface area contributed by atoms with Gasteiger partial charge in [-0.2, -0.15) is 0 Å². The minimum absolute atomic E-state index is 0.131. The Hall–Kier alpha value is -2.20. The molecule has 0 spiro atoms. The van der Waals surface area contributed by atoms with Crippen molar-refractivity contribution in [3.8, 4) is 17.2 Å². The van der Waals surface area contributed by atoms with Crippen molar-refractivity contribution in [2.24, 2.45) is 0 Å². The van der Waals surface area contributed by atoms with E-state index in [1.54, 1.807) is 0 Å². The minimum atomic E-state index is 0.131. The Labute approximate surface area is 162 Å². The summed E-state index contributed by atoms with van der Waals surface area (Å²) in [6.45, 7) is 6.20. The Balaban J connectivity index is 1.40. The maximum atomic E-state index is 6.08. The molecule has 1 fully saturated rings. The highest BCUT2D eigenvalue weighted by molar-refractivity contribution is 5.39. The number of benzene rings is 2. The van der Waals surface area contributed by atoms with Gasteiger partial charge in [0.15, 0.2) is 11.5 Å². The smallest absolute Gasteiger partial charge is 0.161 e. The molecule has 0 saturated heterocycles. The van der Waals surface area contributed by atoms with Crippen LogP contribution in [0.3, 0.4) is 0 Å². The Morgan fingerprint density at radius 3 is 2.56 bits per heavy atom. The van der Waals surface area contributed by atoms with Gasteiger partial charge in [-0.3, -0.25) is 0 Å². The summed E-state index contributed by atoms with van der Waals surface area (Å²) in [5.41, 5.74) is 1.23. The normalized spacial score (nSPS) is 14.5. The van der Waals surface area contributed by atoms with Crippen molar-refractivity contribution >= 4 is 0 Å². The van der Waals surface area contributed by atoms with Crippen LogP contribution in [0.4, 0.5) is 0 Å². The molecule has 146 valence electrons. The number of hydrogen-bond donors (Lipinski definition) is 1. The first-order chi connectivity index (χ1) is 13.2. The van der Waals surface area contributed by atoms with E-state index >= 15 is 0 Å². The predicted molar refractivity (Wildman–Crippen MR) is 109 cm³/mol. The van der Waals surface area contributed by atoms with E-state index in [2.05, 4.69) is 29.6 Å². The van der Waals surface area contributed by atoms with Crippen LogP contribution in [0, 0.1) is 0 Å². The Kier molecular flexibility index (Phi) is 7.40. The van der Waals surface area contributed by atoms with Crippen LogP contribution in [0.5, 0.6) is 17.2 Å². The highest BCUT2D eigenvalue weighted by Gasteiger charge is 2.16. The molecule has 1 aliphatic carbocycles. The molecule has 1 aliphatic rings. The third kappa shape index (κ3) is 6.47. The molecule has 2 aromatic carbocycles. The van der Waals surface area contributed by atoms with E-state index < -0.39 is 0 Å². The second kappa shape index (κ2) is 10.2. The van der Waals surface area contributed by atoms with E-state index in [0.29, 0.717) is 12.7 Å². The summed E-state index contributed by atoms with van der Waals surface area (Å²) in [7, 11) is 0. The molecular formula is C23H31NO3. The predicted octanol–water partition coefficient (Wildman–Crippen LogP) is 4.96. The monoisotopic (exact) mass is 369 g/mol. The van der Waals surface area contributed by atoms with Crippen molar-refractivity contribution < 1.29 is 14.2 Å². The van der Waals surface area contributed by atoms with Gasteiger partial charge in [0.2, 0.25) is 0 Å². The molecule has 0 atom stereocenters. The van der Waals surface area contributed by atoms with Gasteiger partial charge >= 0.3 is 0 Å². The van der Waals surface area contributed by atoms with Crippen LogP contribution in [-0.4, -0.2) is 25.4 Å². The molecular weight excluding hydrogens is 338 g/mol. The zero-order valence-electron chi connectivity index (χ0n) is 16.4. The Bertz CT molecular complexity index is 696. The quantitative estimate of drug-likeness (QED) is 0.601. The van der Waals surface area contributed by atoms with Crippen molar-refractivity contribution in [3.05, 3.63) is 54.1 Å². The minimum Gasteiger partial charge on any atom is -0.490 e. The van der Waals surface area contributed by atoms with Crippen LogP contribution < -0.4 is 19.5 Å². The topological polar surface area (TPSA) is 39.7 Å².